The maximum atomic E-state index is 12.5. The topological polar surface area (TPSA) is 50.7 Å². The van der Waals surface area contributed by atoms with E-state index in [2.05, 4.69) is 10.1 Å². The van der Waals surface area contributed by atoms with E-state index >= 15 is 0 Å². The van der Waals surface area contributed by atoms with Crippen molar-refractivity contribution in [2.75, 3.05) is 20.3 Å². The van der Waals surface area contributed by atoms with Gasteiger partial charge in [0.1, 0.15) is 0 Å². The molecule has 6 heteroatoms. The van der Waals surface area contributed by atoms with Crippen molar-refractivity contribution >= 4 is 0 Å². The number of hydrogen-bond acceptors (Lipinski definition) is 4. The molecule has 1 aromatic carbocycles. The molecule has 0 bridgehead atoms. The van der Waals surface area contributed by atoms with Gasteiger partial charge in [0.15, 0.2) is 11.5 Å². The van der Waals surface area contributed by atoms with Crippen LogP contribution in [0.25, 0.3) is 0 Å². The molecule has 2 N–H and O–H groups in total. The zero-order chi connectivity index (χ0) is 15.7. The molecule has 0 spiro atoms. The van der Waals surface area contributed by atoms with Gasteiger partial charge in [-0.15, -0.1) is 0 Å². The predicted molar refractivity (Wildman–Crippen MR) is 76.8 cm³/mol. The molecule has 0 aliphatic rings. The second-order valence-electron chi connectivity index (χ2n) is 4.93. The number of aliphatic hydroxyl groups excluding tert-OH is 1. The fourth-order valence-electron chi connectivity index (χ4n) is 1.97. The molecule has 1 aromatic rings. The number of para-hydroxylation sites is 1. The third kappa shape index (κ3) is 6.27. The van der Waals surface area contributed by atoms with Crippen LogP contribution in [0.15, 0.2) is 18.2 Å². The fraction of sp³-hybridized carbons (Fsp3) is 0.600. The first kappa shape index (κ1) is 17.7. The van der Waals surface area contributed by atoms with Crippen LogP contribution < -0.4 is 14.8 Å². The third-order valence-corrected chi connectivity index (χ3v) is 3.16. The molecule has 0 radical (unpaired) electrons. The van der Waals surface area contributed by atoms with Crippen LogP contribution in [0, 0.1) is 5.92 Å². The van der Waals surface area contributed by atoms with Crippen LogP contribution in [0.5, 0.6) is 11.5 Å². The maximum absolute atomic E-state index is 12.5. The zero-order valence-corrected chi connectivity index (χ0v) is 12.4. The van der Waals surface area contributed by atoms with Gasteiger partial charge in [0.05, 0.1) is 7.11 Å². The summed E-state index contributed by atoms with van der Waals surface area (Å²) in [5.41, 5.74) is 0.629. The Hall–Kier alpha value is -1.40. The largest absolute Gasteiger partial charge is 0.493 e. The van der Waals surface area contributed by atoms with Crippen molar-refractivity contribution in [1.82, 2.24) is 5.32 Å². The van der Waals surface area contributed by atoms with Crippen molar-refractivity contribution in [3.63, 3.8) is 0 Å². The summed E-state index contributed by atoms with van der Waals surface area (Å²) < 4.78 is 34.5. The minimum absolute atomic E-state index is 0.0752. The van der Waals surface area contributed by atoms with E-state index in [0.717, 1.165) is 19.4 Å². The average molecular weight is 303 g/mol. The van der Waals surface area contributed by atoms with Crippen LogP contribution in [-0.4, -0.2) is 32.0 Å². The van der Waals surface area contributed by atoms with Gasteiger partial charge in [0.2, 0.25) is 0 Å². The molecule has 21 heavy (non-hydrogen) atoms. The number of ether oxygens (including phenoxy) is 2. The lowest BCUT2D eigenvalue weighted by molar-refractivity contribution is -0.0518. The van der Waals surface area contributed by atoms with Gasteiger partial charge in [-0.25, -0.2) is 0 Å². The van der Waals surface area contributed by atoms with Gasteiger partial charge in [0, 0.05) is 18.7 Å². The molecule has 0 saturated carbocycles. The van der Waals surface area contributed by atoms with Gasteiger partial charge in [0.25, 0.3) is 0 Å². The summed E-state index contributed by atoms with van der Waals surface area (Å²) in [4.78, 5) is 0. The van der Waals surface area contributed by atoms with E-state index in [1.807, 2.05) is 6.92 Å². The Bertz CT molecular complexity index is 416. The van der Waals surface area contributed by atoms with E-state index in [1.165, 1.54) is 7.11 Å². The van der Waals surface area contributed by atoms with E-state index < -0.39 is 6.61 Å². The summed E-state index contributed by atoms with van der Waals surface area (Å²) >= 11 is 0. The Labute approximate surface area is 124 Å². The van der Waals surface area contributed by atoms with Crippen LogP contribution in [-0.2, 0) is 6.54 Å². The van der Waals surface area contributed by atoms with Crippen molar-refractivity contribution in [2.45, 2.75) is 32.9 Å². The predicted octanol–water partition coefficient (Wildman–Crippen LogP) is 2.79. The molecular weight excluding hydrogens is 280 g/mol. The van der Waals surface area contributed by atoms with E-state index in [0.29, 0.717) is 17.9 Å². The second kappa shape index (κ2) is 9.52. The van der Waals surface area contributed by atoms with Crippen LogP contribution in [0.2, 0.25) is 0 Å². The highest BCUT2D eigenvalue weighted by atomic mass is 19.3. The second-order valence-corrected chi connectivity index (χ2v) is 4.93. The maximum Gasteiger partial charge on any atom is 0.387 e. The van der Waals surface area contributed by atoms with E-state index in [4.69, 9.17) is 9.84 Å². The molecule has 1 rings (SSSR count). The number of rotatable bonds is 10. The van der Waals surface area contributed by atoms with Crippen molar-refractivity contribution in [3.05, 3.63) is 23.8 Å². The summed E-state index contributed by atoms with van der Waals surface area (Å²) in [6.07, 6.45) is 1.83. The van der Waals surface area contributed by atoms with Crippen molar-refractivity contribution in [3.8, 4) is 11.5 Å². The molecule has 0 aliphatic heterocycles. The Morgan fingerprint density at radius 1 is 1.33 bits per heavy atom. The summed E-state index contributed by atoms with van der Waals surface area (Å²) in [6, 6.07) is 5.05. The van der Waals surface area contributed by atoms with E-state index in [9.17, 15) is 8.78 Å². The lowest BCUT2D eigenvalue weighted by atomic mass is 10.1. The molecule has 0 aromatic heterocycles. The summed E-state index contributed by atoms with van der Waals surface area (Å²) in [5, 5.41) is 12.1. The number of halogens is 2. The highest BCUT2D eigenvalue weighted by molar-refractivity contribution is 5.46. The fourth-order valence-corrected chi connectivity index (χ4v) is 1.97. The molecule has 4 nitrogen and oxygen atoms in total. The zero-order valence-electron chi connectivity index (χ0n) is 12.4. The smallest absolute Gasteiger partial charge is 0.387 e. The van der Waals surface area contributed by atoms with Crippen molar-refractivity contribution < 1.29 is 23.4 Å². The lowest BCUT2D eigenvalue weighted by Gasteiger charge is -2.15. The van der Waals surface area contributed by atoms with Crippen molar-refractivity contribution in [1.29, 1.82) is 0 Å². The van der Waals surface area contributed by atoms with Crippen LogP contribution >= 0.6 is 0 Å². The Balaban J connectivity index is 2.53. The van der Waals surface area contributed by atoms with Gasteiger partial charge in [-0.2, -0.15) is 8.78 Å². The van der Waals surface area contributed by atoms with Gasteiger partial charge in [-0.3, -0.25) is 0 Å². The monoisotopic (exact) mass is 303 g/mol. The lowest BCUT2D eigenvalue weighted by Crippen LogP contribution is -2.17. The summed E-state index contributed by atoms with van der Waals surface area (Å²) in [6.45, 7) is 0.451. The summed E-state index contributed by atoms with van der Waals surface area (Å²) in [5.74, 6) is 0.649. The number of aliphatic hydroxyl groups is 1. The molecular formula is C15H23F2NO3. The first-order valence-electron chi connectivity index (χ1n) is 7.00. The SMILES string of the molecule is COc1cccc(CNCCCC(C)CO)c1OC(F)F. The highest BCUT2D eigenvalue weighted by Crippen LogP contribution is 2.32. The molecule has 120 valence electrons. The van der Waals surface area contributed by atoms with Crippen LogP contribution in [0.4, 0.5) is 8.78 Å². The number of alkyl halides is 2. The number of benzene rings is 1. The van der Waals surface area contributed by atoms with Crippen molar-refractivity contribution in [2.24, 2.45) is 5.92 Å². The summed E-state index contributed by atoms with van der Waals surface area (Å²) in [7, 11) is 1.42. The van der Waals surface area contributed by atoms with Gasteiger partial charge >= 0.3 is 6.61 Å². The minimum Gasteiger partial charge on any atom is -0.493 e. The van der Waals surface area contributed by atoms with Gasteiger partial charge in [-0.05, 0) is 31.4 Å². The first-order valence-corrected chi connectivity index (χ1v) is 7.00. The number of methoxy groups -OCH3 is 1. The quantitative estimate of drug-likeness (QED) is 0.653. The minimum atomic E-state index is -2.88. The molecule has 0 saturated heterocycles. The van der Waals surface area contributed by atoms with Gasteiger partial charge < -0.3 is 19.9 Å². The molecule has 0 fully saturated rings. The van der Waals surface area contributed by atoms with Crippen LogP contribution in [0.1, 0.15) is 25.3 Å². The Morgan fingerprint density at radius 2 is 2.10 bits per heavy atom. The van der Waals surface area contributed by atoms with Crippen LogP contribution in [0.3, 0.4) is 0 Å². The number of hydrogen-bond donors (Lipinski definition) is 2. The highest BCUT2D eigenvalue weighted by Gasteiger charge is 2.14. The first-order chi connectivity index (χ1) is 10.1. The number of nitrogens with one attached hydrogen (secondary N) is 1. The molecule has 1 unspecified atom stereocenters. The Morgan fingerprint density at radius 3 is 2.71 bits per heavy atom. The van der Waals surface area contributed by atoms with E-state index in [-0.39, 0.29) is 18.3 Å². The van der Waals surface area contributed by atoms with Gasteiger partial charge in [-0.1, -0.05) is 19.1 Å². The van der Waals surface area contributed by atoms with E-state index in [1.54, 1.807) is 18.2 Å². The molecule has 0 amide bonds. The Kier molecular flexibility index (Phi) is 8.00. The molecule has 0 heterocycles. The molecule has 1 atom stereocenters. The normalized spacial score (nSPS) is 12.5. The molecule has 0 aliphatic carbocycles. The average Bonchev–Trinajstić information content (AvgIpc) is 2.47. The standard InChI is InChI=1S/C15H23F2NO3/c1-11(10-19)5-4-8-18-9-12-6-3-7-13(20-2)14(12)21-15(16)17/h3,6-7,11,15,18-19H,4-5,8-10H2,1-2H3. The third-order valence-electron chi connectivity index (χ3n) is 3.16.